The maximum Gasteiger partial charge on any atom is 0.161 e. The first-order valence-corrected chi connectivity index (χ1v) is 20.4. The van der Waals surface area contributed by atoms with Gasteiger partial charge in [0.25, 0.3) is 0 Å². The highest BCUT2D eigenvalue weighted by Gasteiger charge is 2.37. The summed E-state index contributed by atoms with van der Waals surface area (Å²) in [6.45, 7) is 4.22. The van der Waals surface area contributed by atoms with Crippen molar-refractivity contribution in [2.45, 2.75) is 95.1 Å². The molecule has 5 atom stereocenters. The average molecular weight is 758 g/mol. The lowest BCUT2D eigenvalue weighted by molar-refractivity contribution is 0.0139. The molecule has 1 aromatic heterocycles. The Morgan fingerprint density at radius 2 is 1.82 bits per heavy atom. The Morgan fingerprint density at radius 3 is 2.64 bits per heavy atom. The van der Waals surface area contributed by atoms with Crippen molar-refractivity contribution in [1.82, 2.24) is 9.88 Å². The minimum atomic E-state index is -0.585. The van der Waals surface area contributed by atoms with Crippen LogP contribution in [0.2, 0.25) is 0 Å². The number of nitrogens with zero attached hydrogens (tertiary/aromatic N) is 1. The summed E-state index contributed by atoms with van der Waals surface area (Å²) in [4.78, 5) is 0. The summed E-state index contributed by atoms with van der Waals surface area (Å²) in [6.07, 6.45) is 11.7. The van der Waals surface area contributed by atoms with Gasteiger partial charge in [-0.15, -0.1) is 0 Å². The lowest BCUT2D eigenvalue weighted by Crippen LogP contribution is -2.40. The number of fused-ring (bicyclic) bond motifs is 6. The van der Waals surface area contributed by atoms with Crippen molar-refractivity contribution in [3.05, 3.63) is 113 Å². The van der Waals surface area contributed by atoms with Gasteiger partial charge in [0.05, 0.1) is 25.0 Å². The molecule has 1 saturated heterocycles. The zero-order chi connectivity index (χ0) is 38.6. The smallest absolute Gasteiger partial charge is 0.161 e. The van der Waals surface area contributed by atoms with Crippen molar-refractivity contribution in [2.75, 3.05) is 26.4 Å². The Balaban J connectivity index is 1.30. The number of aliphatic hydroxyl groups is 2. The topological polar surface area (TPSA) is 131 Å². The van der Waals surface area contributed by atoms with Crippen molar-refractivity contribution < 1.29 is 29.5 Å². The Bertz CT molecular complexity index is 2140. The SMILES string of the molecule is CC1C#CC2=CC(N)NC3=C2COC(CCC1CCCO)CC(O)CCc1ccc(O)c(c1)OCc1cc(C2(c4ccccc4)CCOCC2)cc2cn3cc12. The van der Waals surface area contributed by atoms with Gasteiger partial charge in [-0.25, -0.2) is 0 Å². The van der Waals surface area contributed by atoms with Crippen LogP contribution in [0.5, 0.6) is 11.5 Å². The van der Waals surface area contributed by atoms with E-state index in [1.54, 1.807) is 6.07 Å². The highest BCUT2D eigenvalue weighted by molar-refractivity contribution is 5.88. The number of hydrogen-bond acceptors (Lipinski definition) is 8. The van der Waals surface area contributed by atoms with E-state index in [1.165, 1.54) is 11.1 Å². The normalized spacial score (nSPS) is 25.5. The van der Waals surface area contributed by atoms with Gasteiger partial charge in [-0.2, -0.15) is 0 Å². The Labute approximate surface area is 330 Å². The first-order chi connectivity index (χ1) is 27.3. The predicted molar refractivity (Wildman–Crippen MR) is 219 cm³/mol. The molecule has 294 valence electrons. The standard InChI is InChI=1S/C47H55N3O6/c1-31-9-12-34-25-45(48)49-46-42(34)30-55-40(15-13-33(31)6-5-19-51)26-39(52)14-10-32-11-16-43(53)44(22-32)56-29-36-24-38(23-35-27-50(46)28-41(35)36)47(17-20-54-21-18-47)37-7-3-2-4-8-37/h2-4,7-8,11,16,22-25,27-28,31,33,39-40,45,49,51-53H,5-6,10,13-15,17-21,26,29-30,48H2,1H3. The molecule has 4 aliphatic rings. The van der Waals surface area contributed by atoms with Gasteiger partial charge in [-0.05, 0) is 110 Å². The van der Waals surface area contributed by atoms with Crippen LogP contribution >= 0.6 is 0 Å². The third-order valence-corrected chi connectivity index (χ3v) is 12.5. The number of nitrogens with two attached hydrogens (primary N) is 1. The van der Waals surface area contributed by atoms with Crippen molar-refractivity contribution in [3.63, 3.8) is 0 Å². The molecule has 0 radical (unpaired) electrons. The number of dihydropyridines is 1. The molecule has 6 bridgehead atoms. The number of hydrogen-bond donors (Lipinski definition) is 5. The number of aromatic hydroxyl groups is 1. The van der Waals surface area contributed by atoms with E-state index in [4.69, 9.17) is 19.9 Å². The zero-order valence-corrected chi connectivity index (χ0v) is 32.4. The van der Waals surface area contributed by atoms with E-state index in [9.17, 15) is 15.3 Å². The predicted octanol–water partition coefficient (Wildman–Crippen LogP) is 6.91. The summed E-state index contributed by atoms with van der Waals surface area (Å²) in [6, 6.07) is 20.8. The Morgan fingerprint density at radius 1 is 0.982 bits per heavy atom. The Kier molecular flexibility index (Phi) is 11.6. The van der Waals surface area contributed by atoms with Crippen molar-refractivity contribution >= 4 is 16.6 Å². The average Bonchev–Trinajstić information content (AvgIpc) is 3.65. The third kappa shape index (κ3) is 8.13. The van der Waals surface area contributed by atoms with Crippen LogP contribution in [-0.4, -0.2) is 64.7 Å². The number of phenols is 1. The van der Waals surface area contributed by atoms with Crippen molar-refractivity contribution in [1.29, 1.82) is 0 Å². The number of phenolic OH excluding ortho intramolecular Hbond substituents is 1. The molecule has 0 saturated carbocycles. The van der Waals surface area contributed by atoms with Crippen LogP contribution in [0.15, 0.2) is 90.3 Å². The Hall–Kier alpha value is -4.56. The van der Waals surface area contributed by atoms with E-state index in [0.29, 0.717) is 44.8 Å². The molecule has 9 nitrogen and oxygen atoms in total. The molecule has 56 heavy (non-hydrogen) atoms. The van der Waals surface area contributed by atoms with E-state index in [0.717, 1.165) is 77.4 Å². The number of benzene rings is 3. The third-order valence-electron chi connectivity index (χ3n) is 12.5. The largest absolute Gasteiger partial charge is 0.504 e. The number of ether oxygens (including phenoxy) is 3. The quantitative estimate of drug-likeness (QED) is 0.139. The number of rotatable bonds is 5. The van der Waals surface area contributed by atoms with Crippen molar-refractivity contribution in [3.8, 4) is 23.3 Å². The molecule has 3 aromatic carbocycles. The molecule has 0 aliphatic carbocycles. The minimum absolute atomic E-state index is 0.0819. The van der Waals surface area contributed by atoms with Crippen LogP contribution in [0.3, 0.4) is 0 Å². The summed E-state index contributed by atoms with van der Waals surface area (Å²) >= 11 is 0. The van der Waals surface area contributed by atoms with Gasteiger partial charge in [0.15, 0.2) is 11.5 Å². The molecule has 6 N–H and O–H groups in total. The van der Waals surface area contributed by atoms with Crippen LogP contribution in [0.4, 0.5) is 0 Å². The molecule has 4 aromatic rings. The molecule has 8 rings (SSSR count). The number of aliphatic hydroxyl groups excluding tert-OH is 2. The summed E-state index contributed by atoms with van der Waals surface area (Å²) in [5.74, 6) is 8.78. The molecule has 0 amide bonds. The van der Waals surface area contributed by atoms with E-state index in [1.807, 2.05) is 18.2 Å². The molecule has 4 aliphatic heterocycles. The lowest BCUT2D eigenvalue weighted by atomic mass is 9.68. The fourth-order valence-electron chi connectivity index (χ4n) is 9.18. The first-order valence-electron chi connectivity index (χ1n) is 20.4. The second kappa shape index (κ2) is 16.9. The monoisotopic (exact) mass is 757 g/mol. The van der Waals surface area contributed by atoms with Gasteiger partial charge in [0.1, 0.15) is 12.4 Å². The fraction of sp³-hybridized carbons (Fsp3) is 0.447. The summed E-state index contributed by atoms with van der Waals surface area (Å²) in [7, 11) is 0. The maximum absolute atomic E-state index is 11.4. The van der Waals surface area contributed by atoms with Crippen LogP contribution in [0.1, 0.15) is 80.5 Å². The molecule has 5 unspecified atom stereocenters. The molecule has 5 heterocycles. The number of aromatic nitrogens is 1. The van der Waals surface area contributed by atoms with Crippen LogP contribution in [0.25, 0.3) is 16.6 Å². The summed E-state index contributed by atoms with van der Waals surface area (Å²) in [5, 5.41) is 37.7. The second-order valence-corrected chi connectivity index (χ2v) is 16.2. The van der Waals surface area contributed by atoms with Gasteiger partial charge in [0, 0.05) is 65.5 Å². The van der Waals surface area contributed by atoms with Gasteiger partial charge < -0.3 is 45.1 Å². The van der Waals surface area contributed by atoms with Crippen molar-refractivity contribution in [2.24, 2.45) is 17.6 Å². The van der Waals surface area contributed by atoms with E-state index in [2.05, 4.69) is 83.5 Å². The highest BCUT2D eigenvalue weighted by Crippen LogP contribution is 2.44. The van der Waals surface area contributed by atoms with E-state index >= 15 is 0 Å². The highest BCUT2D eigenvalue weighted by atomic mass is 16.5. The second-order valence-electron chi connectivity index (χ2n) is 16.2. The molecular weight excluding hydrogens is 703 g/mol. The van der Waals surface area contributed by atoms with Gasteiger partial charge >= 0.3 is 0 Å². The maximum atomic E-state index is 11.4. The number of nitrogens with one attached hydrogen (secondary N) is 1. The van der Waals surface area contributed by atoms with Crippen LogP contribution in [0, 0.1) is 23.7 Å². The van der Waals surface area contributed by atoms with Crippen LogP contribution < -0.4 is 15.8 Å². The molecule has 0 spiro atoms. The minimum Gasteiger partial charge on any atom is -0.504 e. The van der Waals surface area contributed by atoms with Gasteiger partial charge in [-0.1, -0.05) is 61.2 Å². The zero-order valence-electron chi connectivity index (χ0n) is 32.4. The number of aryl methyl sites for hydroxylation is 1. The molecule has 9 heteroatoms. The van der Waals surface area contributed by atoms with Gasteiger partial charge in [-0.3, -0.25) is 0 Å². The lowest BCUT2D eigenvalue weighted by Gasteiger charge is -2.39. The summed E-state index contributed by atoms with van der Waals surface area (Å²) in [5.41, 5.74) is 12.7. The molecule has 1 fully saturated rings. The van der Waals surface area contributed by atoms with Crippen LogP contribution in [-0.2, 0) is 27.9 Å². The molecular formula is C47H55N3O6. The van der Waals surface area contributed by atoms with Gasteiger partial charge in [0.2, 0.25) is 0 Å². The first kappa shape index (κ1) is 38.3. The van der Waals surface area contributed by atoms with E-state index < -0.39 is 12.3 Å². The summed E-state index contributed by atoms with van der Waals surface area (Å²) < 4.78 is 21.4. The fourth-order valence-corrected chi connectivity index (χ4v) is 9.18. The van der Waals surface area contributed by atoms with E-state index in [-0.39, 0.29) is 42.3 Å².